The van der Waals surface area contributed by atoms with Crippen LogP contribution in [0.25, 0.3) is 0 Å². The Balaban J connectivity index is 2.34. The van der Waals surface area contributed by atoms with E-state index in [-0.39, 0.29) is 5.92 Å². The van der Waals surface area contributed by atoms with Crippen molar-refractivity contribution in [3.8, 4) is 0 Å². The number of halogens is 1. The molecule has 2 rings (SSSR count). The molecule has 1 aromatic carbocycles. The first-order valence-corrected chi connectivity index (χ1v) is 6.12. The van der Waals surface area contributed by atoms with Gasteiger partial charge in [-0.25, -0.2) is 4.68 Å². The standard InChI is InChI=1S/C13H14ClN3O/c1-9(2)13-12(8-18)15-16-17(13)7-10-4-3-5-11(14)6-10/h3-6,8-9H,7H2,1-2H3. The van der Waals surface area contributed by atoms with Crippen LogP contribution in [0.2, 0.25) is 5.02 Å². The van der Waals surface area contributed by atoms with Crippen LogP contribution in [0, 0.1) is 0 Å². The van der Waals surface area contributed by atoms with Crippen molar-refractivity contribution in [3.05, 3.63) is 46.2 Å². The topological polar surface area (TPSA) is 47.8 Å². The SMILES string of the molecule is CC(C)c1c(C=O)nnn1Cc1cccc(Cl)c1. The first kappa shape index (κ1) is 12.8. The molecular weight excluding hydrogens is 250 g/mol. The van der Waals surface area contributed by atoms with Crippen LogP contribution in [0.15, 0.2) is 24.3 Å². The van der Waals surface area contributed by atoms with Gasteiger partial charge in [0.1, 0.15) is 5.69 Å². The van der Waals surface area contributed by atoms with Gasteiger partial charge in [0.2, 0.25) is 0 Å². The summed E-state index contributed by atoms with van der Waals surface area (Å²) in [7, 11) is 0. The minimum atomic E-state index is 0.194. The number of hydrogen-bond acceptors (Lipinski definition) is 3. The molecule has 0 saturated carbocycles. The van der Waals surface area contributed by atoms with Crippen molar-refractivity contribution in [2.24, 2.45) is 0 Å². The lowest BCUT2D eigenvalue weighted by atomic mass is 10.1. The molecule has 0 bridgehead atoms. The van der Waals surface area contributed by atoms with Gasteiger partial charge in [-0.3, -0.25) is 4.79 Å². The van der Waals surface area contributed by atoms with Crippen LogP contribution in [0.5, 0.6) is 0 Å². The molecule has 0 radical (unpaired) electrons. The summed E-state index contributed by atoms with van der Waals surface area (Å²) in [4.78, 5) is 10.9. The molecule has 1 aromatic heterocycles. The molecule has 5 heteroatoms. The Hall–Kier alpha value is -1.68. The molecule has 2 aromatic rings. The molecule has 94 valence electrons. The Morgan fingerprint density at radius 2 is 2.22 bits per heavy atom. The summed E-state index contributed by atoms with van der Waals surface area (Å²) < 4.78 is 1.75. The number of aromatic nitrogens is 3. The van der Waals surface area contributed by atoms with Crippen molar-refractivity contribution >= 4 is 17.9 Å². The minimum Gasteiger partial charge on any atom is -0.296 e. The van der Waals surface area contributed by atoms with E-state index < -0.39 is 0 Å². The fourth-order valence-corrected chi connectivity index (χ4v) is 2.15. The third-order valence-corrected chi connectivity index (χ3v) is 2.92. The van der Waals surface area contributed by atoms with Crippen molar-refractivity contribution in [3.63, 3.8) is 0 Å². The molecule has 0 saturated heterocycles. The second-order valence-electron chi connectivity index (χ2n) is 4.42. The molecule has 0 N–H and O–H groups in total. The highest BCUT2D eigenvalue weighted by Crippen LogP contribution is 2.18. The lowest BCUT2D eigenvalue weighted by Gasteiger charge is -2.09. The fourth-order valence-electron chi connectivity index (χ4n) is 1.94. The maximum Gasteiger partial charge on any atom is 0.172 e. The Labute approximate surface area is 111 Å². The van der Waals surface area contributed by atoms with Gasteiger partial charge in [0.25, 0.3) is 0 Å². The normalized spacial score (nSPS) is 10.9. The molecule has 1 heterocycles. The number of carbonyl (C=O) groups is 1. The molecule has 0 unspecified atom stereocenters. The zero-order chi connectivity index (χ0) is 13.1. The van der Waals surface area contributed by atoms with E-state index in [1.165, 1.54) is 0 Å². The van der Waals surface area contributed by atoms with Crippen molar-refractivity contribution in [2.45, 2.75) is 26.3 Å². The summed E-state index contributed by atoms with van der Waals surface area (Å²) in [6.45, 7) is 4.59. The van der Waals surface area contributed by atoms with Gasteiger partial charge in [0, 0.05) is 5.02 Å². The van der Waals surface area contributed by atoms with E-state index in [0.717, 1.165) is 17.5 Å². The minimum absolute atomic E-state index is 0.194. The summed E-state index contributed by atoms with van der Waals surface area (Å²) in [6, 6.07) is 7.57. The summed E-state index contributed by atoms with van der Waals surface area (Å²) in [5.41, 5.74) is 2.30. The number of carbonyl (C=O) groups excluding carboxylic acids is 1. The van der Waals surface area contributed by atoms with Crippen molar-refractivity contribution in [2.75, 3.05) is 0 Å². The van der Waals surface area contributed by atoms with Gasteiger partial charge in [-0.1, -0.05) is 42.8 Å². The number of hydrogen-bond donors (Lipinski definition) is 0. The van der Waals surface area contributed by atoms with E-state index >= 15 is 0 Å². The van der Waals surface area contributed by atoms with Gasteiger partial charge in [0.15, 0.2) is 6.29 Å². The second-order valence-corrected chi connectivity index (χ2v) is 4.86. The number of rotatable bonds is 4. The highest BCUT2D eigenvalue weighted by atomic mass is 35.5. The number of benzene rings is 1. The third-order valence-electron chi connectivity index (χ3n) is 2.68. The summed E-state index contributed by atoms with van der Waals surface area (Å²) >= 11 is 5.94. The van der Waals surface area contributed by atoms with Crippen LogP contribution in [-0.2, 0) is 6.54 Å². The molecular formula is C13H14ClN3O. The van der Waals surface area contributed by atoms with Crippen LogP contribution in [0.1, 0.15) is 41.5 Å². The Kier molecular flexibility index (Phi) is 3.77. The third kappa shape index (κ3) is 2.59. The predicted molar refractivity (Wildman–Crippen MR) is 70.1 cm³/mol. The highest BCUT2D eigenvalue weighted by Gasteiger charge is 2.15. The van der Waals surface area contributed by atoms with Crippen LogP contribution >= 0.6 is 11.6 Å². The molecule has 0 aliphatic carbocycles. The quantitative estimate of drug-likeness (QED) is 0.797. The van der Waals surface area contributed by atoms with E-state index in [0.29, 0.717) is 17.3 Å². The van der Waals surface area contributed by atoms with Crippen LogP contribution in [0.3, 0.4) is 0 Å². The van der Waals surface area contributed by atoms with Gasteiger partial charge >= 0.3 is 0 Å². The van der Waals surface area contributed by atoms with E-state index in [1.54, 1.807) is 4.68 Å². The monoisotopic (exact) mass is 263 g/mol. The highest BCUT2D eigenvalue weighted by molar-refractivity contribution is 6.30. The maximum atomic E-state index is 10.9. The first-order valence-electron chi connectivity index (χ1n) is 5.75. The molecule has 0 atom stereocenters. The Bertz CT molecular complexity index is 563. The van der Waals surface area contributed by atoms with Crippen LogP contribution < -0.4 is 0 Å². The van der Waals surface area contributed by atoms with Crippen molar-refractivity contribution in [1.29, 1.82) is 0 Å². The number of aldehydes is 1. The van der Waals surface area contributed by atoms with E-state index in [9.17, 15) is 4.79 Å². The zero-order valence-electron chi connectivity index (χ0n) is 10.3. The average molecular weight is 264 g/mol. The smallest absolute Gasteiger partial charge is 0.172 e. The van der Waals surface area contributed by atoms with E-state index in [1.807, 2.05) is 38.1 Å². The molecule has 0 aliphatic heterocycles. The zero-order valence-corrected chi connectivity index (χ0v) is 11.1. The number of nitrogens with zero attached hydrogens (tertiary/aromatic N) is 3. The Morgan fingerprint density at radius 1 is 1.44 bits per heavy atom. The van der Waals surface area contributed by atoms with Crippen molar-refractivity contribution < 1.29 is 4.79 Å². The lowest BCUT2D eigenvalue weighted by Crippen LogP contribution is -2.08. The fraction of sp³-hybridized carbons (Fsp3) is 0.308. The van der Waals surface area contributed by atoms with Gasteiger partial charge in [-0.05, 0) is 23.6 Å². The molecule has 0 aliphatic rings. The molecule has 0 spiro atoms. The molecule has 18 heavy (non-hydrogen) atoms. The van der Waals surface area contributed by atoms with Gasteiger partial charge in [-0.2, -0.15) is 0 Å². The van der Waals surface area contributed by atoms with Crippen LogP contribution in [0.4, 0.5) is 0 Å². The average Bonchev–Trinajstić information content (AvgIpc) is 2.72. The van der Waals surface area contributed by atoms with Gasteiger partial charge in [-0.15, -0.1) is 5.10 Å². The van der Waals surface area contributed by atoms with Crippen molar-refractivity contribution in [1.82, 2.24) is 15.0 Å². The summed E-state index contributed by atoms with van der Waals surface area (Å²) in [5.74, 6) is 0.194. The second kappa shape index (κ2) is 5.31. The molecule has 0 fully saturated rings. The maximum absolute atomic E-state index is 10.9. The predicted octanol–water partition coefficient (Wildman–Crippen LogP) is 2.92. The van der Waals surface area contributed by atoms with Gasteiger partial charge in [0.05, 0.1) is 12.2 Å². The molecule has 4 nitrogen and oxygen atoms in total. The summed E-state index contributed by atoms with van der Waals surface area (Å²) in [6.07, 6.45) is 0.747. The largest absolute Gasteiger partial charge is 0.296 e. The first-order chi connectivity index (χ1) is 8.61. The van der Waals surface area contributed by atoms with Gasteiger partial charge < -0.3 is 0 Å². The van der Waals surface area contributed by atoms with E-state index in [2.05, 4.69) is 10.3 Å². The molecule has 0 amide bonds. The Morgan fingerprint density at radius 3 is 2.83 bits per heavy atom. The van der Waals surface area contributed by atoms with Crippen LogP contribution in [-0.4, -0.2) is 21.3 Å². The van der Waals surface area contributed by atoms with E-state index in [4.69, 9.17) is 11.6 Å². The lowest BCUT2D eigenvalue weighted by molar-refractivity contribution is 0.111. The summed E-state index contributed by atoms with van der Waals surface area (Å²) in [5, 5.41) is 8.60.